The number of fused-ring (bicyclic) bond motifs is 2. The maximum atomic E-state index is 12.7. The summed E-state index contributed by atoms with van der Waals surface area (Å²) in [6, 6.07) is 22.2. The molecule has 4 aromatic carbocycles. The van der Waals surface area contributed by atoms with Crippen molar-refractivity contribution in [1.82, 2.24) is 10.6 Å². The van der Waals surface area contributed by atoms with Gasteiger partial charge in [-0.25, -0.2) is 4.79 Å². The molecule has 2 atom stereocenters. The Labute approximate surface area is 357 Å². The fourth-order valence-corrected chi connectivity index (χ4v) is 6.18. The fourth-order valence-electron chi connectivity index (χ4n) is 6.18. The van der Waals surface area contributed by atoms with Gasteiger partial charge in [0.05, 0.1) is 74.3 Å². The van der Waals surface area contributed by atoms with Crippen molar-refractivity contribution in [2.45, 2.75) is 38.3 Å². The lowest BCUT2D eigenvalue weighted by Gasteiger charge is -2.22. The van der Waals surface area contributed by atoms with Crippen molar-refractivity contribution in [2.24, 2.45) is 0 Å². The van der Waals surface area contributed by atoms with Gasteiger partial charge in [-0.1, -0.05) is 48.2 Å². The normalized spacial score (nSPS) is 13.0. The SMILES string of the molecule is COc1cc(C(C)NC(=O)COCCOCCOCCNC(=O)OC2Cc3ccccc3C#Cc3ccccc32)c([N+](=O)[O-])cc1OCCCC(=O)Oc1ccc([N+](=O)[O-])cc1. The standard InChI is InChI=1S/C44H46N4O14/c1-30(37-27-40(56-2)41(28-38(37)48(54)55)60-20-7-12-43(50)61-35-17-15-34(16-18-35)47(52)53)46-42(49)29-59-25-24-58-23-22-57-21-19-45-44(51)62-39-26-33-10-4-3-8-31(33)13-14-32-9-5-6-11-36(32)39/h3-6,8-11,15-18,27-28,30,39H,7,12,19-26,29H2,1-2H3,(H,45,51)(H,46,49). The average molecular weight is 855 g/mol. The number of hydrogen-bond acceptors (Lipinski definition) is 14. The van der Waals surface area contributed by atoms with Crippen LogP contribution in [0.25, 0.3) is 0 Å². The minimum absolute atomic E-state index is 0.0112. The Morgan fingerprint density at radius 2 is 1.48 bits per heavy atom. The first-order chi connectivity index (χ1) is 30.0. The Bertz CT molecular complexity index is 2260. The van der Waals surface area contributed by atoms with Gasteiger partial charge in [0.25, 0.3) is 11.4 Å². The van der Waals surface area contributed by atoms with E-state index in [-0.39, 0.29) is 99.8 Å². The second-order valence-electron chi connectivity index (χ2n) is 13.6. The third kappa shape index (κ3) is 14.0. The Kier molecular flexibility index (Phi) is 17.5. The third-order valence-electron chi connectivity index (χ3n) is 9.22. The number of ether oxygens (including phenoxy) is 7. The molecule has 0 saturated heterocycles. The smallest absolute Gasteiger partial charge is 0.407 e. The zero-order valence-corrected chi connectivity index (χ0v) is 34.1. The summed E-state index contributed by atoms with van der Waals surface area (Å²) in [5, 5.41) is 28.2. The molecule has 2 amide bonds. The van der Waals surface area contributed by atoms with E-state index in [1.54, 1.807) is 6.92 Å². The van der Waals surface area contributed by atoms with Gasteiger partial charge >= 0.3 is 12.1 Å². The molecule has 0 aliphatic heterocycles. The van der Waals surface area contributed by atoms with Crippen LogP contribution in [-0.4, -0.2) is 87.7 Å². The van der Waals surface area contributed by atoms with Crippen LogP contribution in [-0.2, 0) is 35.0 Å². The van der Waals surface area contributed by atoms with Crippen LogP contribution in [0.15, 0.2) is 84.9 Å². The number of benzene rings is 4. The lowest BCUT2D eigenvalue weighted by molar-refractivity contribution is -0.385. The fraction of sp³-hybridized carbons (Fsp3) is 0.341. The highest BCUT2D eigenvalue weighted by Crippen LogP contribution is 2.38. The van der Waals surface area contributed by atoms with E-state index in [9.17, 15) is 34.6 Å². The Morgan fingerprint density at radius 3 is 2.21 bits per heavy atom. The molecule has 1 aliphatic carbocycles. The molecule has 2 unspecified atom stereocenters. The molecule has 0 saturated carbocycles. The first-order valence-corrected chi connectivity index (χ1v) is 19.6. The van der Waals surface area contributed by atoms with Gasteiger partial charge in [-0.3, -0.25) is 29.8 Å². The number of nitro groups is 2. The number of esters is 1. The minimum Gasteiger partial charge on any atom is -0.493 e. The number of carbonyl (C=O) groups is 3. The van der Waals surface area contributed by atoms with Crippen LogP contribution >= 0.6 is 0 Å². The molecule has 0 radical (unpaired) electrons. The van der Waals surface area contributed by atoms with Crippen LogP contribution in [0, 0.1) is 32.1 Å². The molecule has 18 heteroatoms. The summed E-state index contributed by atoms with van der Waals surface area (Å²) < 4.78 is 38.5. The molecule has 62 heavy (non-hydrogen) atoms. The van der Waals surface area contributed by atoms with Crippen molar-refractivity contribution < 1.29 is 57.4 Å². The predicted octanol–water partition coefficient (Wildman–Crippen LogP) is 5.93. The van der Waals surface area contributed by atoms with Gasteiger partial charge < -0.3 is 43.8 Å². The molecule has 4 aromatic rings. The van der Waals surface area contributed by atoms with Crippen LogP contribution in [0.2, 0.25) is 0 Å². The summed E-state index contributed by atoms with van der Waals surface area (Å²) in [5.41, 5.74) is 3.26. The minimum atomic E-state index is -0.807. The van der Waals surface area contributed by atoms with Crippen LogP contribution in [0.4, 0.5) is 16.2 Å². The van der Waals surface area contributed by atoms with Crippen molar-refractivity contribution >= 4 is 29.3 Å². The second kappa shape index (κ2) is 23.6. The van der Waals surface area contributed by atoms with Crippen LogP contribution in [0.1, 0.15) is 59.7 Å². The van der Waals surface area contributed by atoms with E-state index in [1.165, 1.54) is 43.5 Å². The Balaban J connectivity index is 0.939. The van der Waals surface area contributed by atoms with Crippen molar-refractivity contribution in [1.29, 1.82) is 0 Å². The van der Waals surface area contributed by atoms with Crippen molar-refractivity contribution in [3.8, 4) is 29.1 Å². The van der Waals surface area contributed by atoms with Crippen molar-refractivity contribution in [2.75, 3.05) is 59.9 Å². The first kappa shape index (κ1) is 46.0. The molecular weight excluding hydrogens is 808 g/mol. The number of rotatable bonds is 23. The van der Waals surface area contributed by atoms with E-state index in [4.69, 9.17) is 33.2 Å². The number of amides is 2. The van der Waals surface area contributed by atoms with Gasteiger partial charge in [0.15, 0.2) is 11.5 Å². The van der Waals surface area contributed by atoms with E-state index in [1.807, 2.05) is 48.5 Å². The quantitative estimate of drug-likeness (QED) is 0.0220. The highest BCUT2D eigenvalue weighted by Gasteiger charge is 2.26. The van der Waals surface area contributed by atoms with Crippen LogP contribution in [0.5, 0.6) is 17.2 Å². The summed E-state index contributed by atoms with van der Waals surface area (Å²) in [6.45, 7) is 2.48. The molecular formula is C44H46N4O14. The number of alkyl carbamates (subject to hydrolysis) is 1. The molecule has 0 aromatic heterocycles. The topological polar surface area (TPSA) is 226 Å². The van der Waals surface area contributed by atoms with E-state index in [2.05, 4.69) is 22.5 Å². The van der Waals surface area contributed by atoms with Gasteiger partial charge in [-0.2, -0.15) is 0 Å². The monoisotopic (exact) mass is 854 g/mol. The third-order valence-corrected chi connectivity index (χ3v) is 9.22. The second-order valence-corrected chi connectivity index (χ2v) is 13.6. The first-order valence-electron chi connectivity index (χ1n) is 19.6. The highest BCUT2D eigenvalue weighted by atomic mass is 16.6. The van der Waals surface area contributed by atoms with Crippen LogP contribution < -0.4 is 24.8 Å². The molecule has 18 nitrogen and oxygen atoms in total. The molecule has 5 rings (SSSR count). The van der Waals surface area contributed by atoms with Gasteiger partial charge in [0.1, 0.15) is 18.5 Å². The number of non-ortho nitro benzene ring substituents is 1. The van der Waals surface area contributed by atoms with E-state index < -0.39 is 40.0 Å². The predicted molar refractivity (Wildman–Crippen MR) is 222 cm³/mol. The average Bonchev–Trinajstić information content (AvgIpc) is 3.25. The highest BCUT2D eigenvalue weighted by molar-refractivity contribution is 5.78. The zero-order chi connectivity index (χ0) is 44.3. The summed E-state index contributed by atoms with van der Waals surface area (Å²) >= 11 is 0. The van der Waals surface area contributed by atoms with Gasteiger partial charge in [0, 0.05) is 48.2 Å². The van der Waals surface area contributed by atoms with Crippen LogP contribution in [0.3, 0.4) is 0 Å². The van der Waals surface area contributed by atoms with Crippen molar-refractivity contribution in [3.05, 3.63) is 133 Å². The van der Waals surface area contributed by atoms with Gasteiger partial charge in [-0.05, 0) is 49.2 Å². The Morgan fingerprint density at radius 1 is 0.806 bits per heavy atom. The number of hydrogen-bond donors (Lipinski definition) is 2. The number of nitro benzene ring substituents is 2. The lowest BCUT2D eigenvalue weighted by atomic mass is 9.92. The molecule has 0 heterocycles. The summed E-state index contributed by atoms with van der Waals surface area (Å²) in [5.74, 6) is 5.67. The number of nitrogens with zero attached hydrogens (tertiary/aromatic N) is 2. The largest absolute Gasteiger partial charge is 0.493 e. The maximum Gasteiger partial charge on any atom is 0.407 e. The molecule has 0 fully saturated rings. The summed E-state index contributed by atoms with van der Waals surface area (Å²) in [6.07, 6.45) is -0.450. The lowest BCUT2D eigenvalue weighted by Crippen LogP contribution is -2.31. The Hall–Kier alpha value is -7.07. The molecule has 1 aliphatic rings. The summed E-state index contributed by atoms with van der Waals surface area (Å²) in [7, 11) is 1.36. The number of nitrogens with one attached hydrogen (secondary N) is 2. The van der Waals surface area contributed by atoms with Crippen molar-refractivity contribution in [3.63, 3.8) is 0 Å². The molecule has 2 N–H and O–H groups in total. The van der Waals surface area contributed by atoms with E-state index in [0.29, 0.717) is 6.42 Å². The van der Waals surface area contributed by atoms with E-state index >= 15 is 0 Å². The van der Waals surface area contributed by atoms with Gasteiger partial charge in [-0.15, -0.1) is 0 Å². The summed E-state index contributed by atoms with van der Waals surface area (Å²) in [4.78, 5) is 59.1. The molecule has 0 spiro atoms. The molecule has 326 valence electrons. The van der Waals surface area contributed by atoms with Gasteiger partial charge in [0.2, 0.25) is 5.91 Å². The zero-order valence-electron chi connectivity index (χ0n) is 34.1. The molecule has 0 bridgehead atoms. The van der Waals surface area contributed by atoms with E-state index in [0.717, 1.165) is 22.3 Å². The number of methoxy groups -OCH3 is 1. The maximum absolute atomic E-state index is 12.7. The number of carbonyl (C=O) groups excluding carboxylic acids is 3.